The second-order valence-electron chi connectivity index (χ2n) is 6.39. The lowest BCUT2D eigenvalue weighted by molar-refractivity contribution is -0.131. The van der Waals surface area contributed by atoms with Gasteiger partial charge in [0.2, 0.25) is 0 Å². The van der Waals surface area contributed by atoms with Gasteiger partial charge in [0.05, 0.1) is 6.54 Å². The van der Waals surface area contributed by atoms with E-state index in [4.69, 9.17) is 11.6 Å². The van der Waals surface area contributed by atoms with Crippen molar-refractivity contribution in [2.75, 3.05) is 18.4 Å². The van der Waals surface area contributed by atoms with Crippen molar-refractivity contribution in [1.29, 1.82) is 0 Å². The molecule has 2 saturated heterocycles. The molecule has 5 amide bonds. The summed E-state index contributed by atoms with van der Waals surface area (Å²) >= 11 is 5.90. The predicted octanol–water partition coefficient (Wildman–Crippen LogP) is 2.28. The number of hydrogen-bond acceptors (Lipinski definition) is 3. The van der Waals surface area contributed by atoms with Crippen LogP contribution in [0.25, 0.3) is 0 Å². The van der Waals surface area contributed by atoms with E-state index in [0.29, 0.717) is 23.7 Å². The Hall–Kier alpha value is -2.28. The van der Waals surface area contributed by atoms with Crippen LogP contribution < -0.4 is 10.6 Å². The molecule has 0 aliphatic carbocycles. The molecule has 7 nitrogen and oxygen atoms in total. The van der Waals surface area contributed by atoms with E-state index in [0.717, 1.165) is 0 Å². The van der Waals surface area contributed by atoms with E-state index in [9.17, 15) is 14.4 Å². The summed E-state index contributed by atoms with van der Waals surface area (Å²) in [6.07, 6.45) is 0.407. The number of hydrogen-bond donors (Lipinski definition) is 2. The van der Waals surface area contributed by atoms with Gasteiger partial charge in [0.1, 0.15) is 5.54 Å². The van der Waals surface area contributed by atoms with Crippen molar-refractivity contribution in [1.82, 2.24) is 15.1 Å². The van der Waals surface area contributed by atoms with Gasteiger partial charge in [-0.2, -0.15) is 0 Å². The van der Waals surface area contributed by atoms with Crippen molar-refractivity contribution in [3.63, 3.8) is 0 Å². The van der Waals surface area contributed by atoms with Crippen molar-refractivity contribution < 1.29 is 14.4 Å². The first-order valence-electron chi connectivity index (χ1n) is 7.80. The van der Waals surface area contributed by atoms with Gasteiger partial charge < -0.3 is 15.5 Å². The normalized spacial score (nSPS) is 23.3. The molecule has 1 unspecified atom stereocenters. The first-order valence-corrected chi connectivity index (χ1v) is 8.17. The highest BCUT2D eigenvalue weighted by atomic mass is 35.5. The number of rotatable bonds is 2. The van der Waals surface area contributed by atoms with Crippen LogP contribution in [0.15, 0.2) is 24.3 Å². The summed E-state index contributed by atoms with van der Waals surface area (Å²) in [5, 5.41) is 6.04. The van der Waals surface area contributed by atoms with E-state index in [2.05, 4.69) is 10.6 Å². The summed E-state index contributed by atoms with van der Waals surface area (Å²) in [7, 11) is 0. The zero-order chi connectivity index (χ0) is 17.5. The molecule has 1 atom stereocenters. The molecule has 1 aromatic rings. The maximum absolute atomic E-state index is 12.6. The fourth-order valence-corrected chi connectivity index (χ4v) is 3.33. The zero-order valence-corrected chi connectivity index (χ0v) is 14.3. The van der Waals surface area contributed by atoms with Gasteiger partial charge in [-0.15, -0.1) is 0 Å². The molecular weight excluding hydrogens is 332 g/mol. The van der Waals surface area contributed by atoms with Crippen molar-refractivity contribution in [2.24, 2.45) is 0 Å². The van der Waals surface area contributed by atoms with E-state index in [1.807, 2.05) is 0 Å². The van der Waals surface area contributed by atoms with Crippen molar-refractivity contribution >= 4 is 35.3 Å². The van der Waals surface area contributed by atoms with Crippen LogP contribution in [-0.2, 0) is 4.79 Å². The smallest absolute Gasteiger partial charge is 0.322 e. The lowest BCUT2D eigenvalue weighted by Gasteiger charge is -2.23. The number of benzene rings is 1. The molecule has 2 heterocycles. The van der Waals surface area contributed by atoms with Crippen LogP contribution in [-0.4, -0.2) is 52.4 Å². The van der Waals surface area contributed by atoms with Gasteiger partial charge in [-0.3, -0.25) is 9.69 Å². The predicted molar refractivity (Wildman–Crippen MR) is 89.9 cm³/mol. The molecule has 2 aliphatic rings. The Morgan fingerprint density at radius 2 is 2.12 bits per heavy atom. The third kappa shape index (κ3) is 2.80. The van der Waals surface area contributed by atoms with Crippen LogP contribution in [0.1, 0.15) is 20.3 Å². The number of imide groups is 1. The third-order valence-corrected chi connectivity index (χ3v) is 4.58. The molecule has 128 valence electrons. The summed E-state index contributed by atoms with van der Waals surface area (Å²) < 4.78 is 0. The first-order chi connectivity index (χ1) is 11.3. The molecule has 2 aliphatic heterocycles. The monoisotopic (exact) mass is 350 g/mol. The Morgan fingerprint density at radius 3 is 2.75 bits per heavy atom. The molecule has 3 rings (SSSR count). The van der Waals surface area contributed by atoms with Gasteiger partial charge in [-0.25, -0.2) is 9.59 Å². The lowest BCUT2D eigenvalue weighted by Crippen LogP contribution is -2.50. The highest BCUT2D eigenvalue weighted by Crippen LogP contribution is 2.30. The van der Waals surface area contributed by atoms with Crippen LogP contribution in [0.2, 0.25) is 5.02 Å². The SMILES string of the molecule is CC(C)N1C(=O)NC2(CCN(C(=O)Nc3cccc(Cl)c3)C2)C1=O. The number of likely N-dealkylation sites (tertiary alicyclic amines) is 1. The van der Waals surface area contributed by atoms with Gasteiger partial charge in [0, 0.05) is 23.3 Å². The van der Waals surface area contributed by atoms with E-state index in [1.165, 1.54) is 9.80 Å². The number of halogens is 1. The number of carbonyl (C=O) groups excluding carboxylic acids is 3. The number of carbonyl (C=O) groups is 3. The van der Waals surface area contributed by atoms with Crippen molar-refractivity contribution in [2.45, 2.75) is 31.8 Å². The minimum absolute atomic E-state index is 0.160. The molecule has 0 saturated carbocycles. The minimum atomic E-state index is -1.01. The fraction of sp³-hybridized carbons (Fsp3) is 0.438. The van der Waals surface area contributed by atoms with Crippen LogP contribution in [0.3, 0.4) is 0 Å². The summed E-state index contributed by atoms with van der Waals surface area (Å²) in [4.78, 5) is 39.8. The van der Waals surface area contributed by atoms with Crippen LogP contribution in [0.4, 0.5) is 15.3 Å². The number of nitrogens with zero attached hydrogens (tertiary/aromatic N) is 2. The van der Waals surface area contributed by atoms with Gasteiger partial charge in [0.25, 0.3) is 5.91 Å². The van der Waals surface area contributed by atoms with E-state index in [-0.39, 0.29) is 24.5 Å². The second-order valence-corrected chi connectivity index (χ2v) is 6.83. The Labute approximate surface area is 144 Å². The topological polar surface area (TPSA) is 81.8 Å². The highest BCUT2D eigenvalue weighted by Gasteiger charge is 2.56. The van der Waals surface area contributed by atoms with Crippen LogP contribution >= 0.6 is 11.6 Å². The summed E-state index contributed by atoms with van der Waals surface area (Å²) in [5.74, 6) is -0.263. The van der Waals surface area contributed by atoms with Crippen molar-refractivity contribution in [3.05, 3.63) is 29.3 Å². The molecule has 2 fully saturated rings. The van der Waals surface area contributed by atoms with Gasteiger partial charge >= 0.3 is 12.1 Å². The molecule has 8 heteroatoms. The average Bonchev–Trinajstić information content (AvgIpc) is 3.02. The number of amides is 5. The number of urea groups is 2. The fourth-order valence-electron chi connectivity index (χ4n) is 3.14. The maximum atomic E-state index is 12.6. The van der Waals surface area contributed by atoms with Gasteiger partial charge in [-0.05, 0) is 38.5 Å². The van der Waals surface area contributed by atoms with E-state index < -0.39 is 11.6 Å². The van der Waals surface area contributed by atoms with Crippen LogP contribution in [0.5, 0.6) is 0 Å². The molecule has 2 N–H and O–H groups in total. The highest BCUT2D eigenvalue weighted by molar-refractivity contribution is 6.30. The molecule has 1 spiro atoms. The Bertz CT molecular complexity index is 708. The molecule has 24 heavy (non-hydrogen) atoms. The first kappa shape index (κ1) is 16.6. The molecule has 0 radical (unpaired) electrons. The Balaban J connectivity index is 1.70. The average molecular weight is 351 g/mol. The molecule has 1 aromatic carbocycles. The van der Waals surface area contributed by atoms with E-state index in [1.54, 1.807) is 38.1 Å². The lowest BCUT2D eigenvalue weighted by atomic mass is 9.99. The largest absolute Gasteiger partial charge is 0.325 e. The molecule has 0 aromatic heterocycles. The van der Waals surface area contributed by atoms with Crippen molar-refractivity contribution in [3.8, 4) is 0 Å². The summed E-state index contributed by atoms with van der Waals surface area (Å²) in [5.41, 5.74) is -0.424. The number of anilines is 1. The van der Waals surface area contributed by atoms with Gasteiger partial charge in [0.15, 0.2) is 0 Å². The maximum Gasteiger partial charge on any atom is 0.325 e. The van der Waals surface area contributed by atoms with Gasteiger partial charge in [-0.1, -0.05) is 17.7 Å². The minimum Gasteiger partial charge on any atom is -0.322 e. The zero-order valence-electron chi connectivity index (χ0n) is 13.5. The molecular formula is C16H19ClN4O3. The van der Waals surface area contributed by atoms with E-state index >= 15 is 0 Å². The summed E-state index contributed by atoms with van der Waals surface area (Å²) in [6, 6.07) is 5.91. The number of nitrogens with one attached hydrogen (secondary N) is 2. The third-order valence-electron chi connectivity index (χ3n) is 4.34. The molecule has 0 bridgehead atoms. The summed E-state index contributed by atoms with van der Waals surface area (Å²) in [6.45, 7) is 4.13. The standard InChI is InChI=1S/C16H19ClN4O3/c1-10(2)21-13(22)16(19-15(21)24)6-7-20(9-16)14(23)18-12-5-3-4-11(17)8-12/h3-5,8,10H,6-7,9H2,1-2H3,(H,18,23)(H,19,24). The Kier molecular flexibility index (Phi) is 4.13. The quantitative estimate of drug-likeness (QED) is 0.803. The Morgan fingerprint density at radius 1 is 1.38 bits per heavy atom. The second kappa shape index (κ2) is 5.98. The van der Waals surface area contributed by atoms with Crippen LogP contribution in [0, 0.1) is 0 Å².